The molecular weight excluding hydrogens is 290 g/mol. The van der Waals surface area contributed by atoms with E-state index in [1.54, 1.807) is 16.9 Å². The maximum Gasteiger partial charge on any atom is 0.274 e. The minimum Gasteiger partial charge on any atom is -0.363 e. The number of hydrogen-bond acceptors (Lipinski definition) is 4. The van der Waals surface area contributed by atoms with Gasteiger partial charge in [0.05, 0.1) is 0 Å². The lowest BCUT2D eigenvalue weighted by molar-refractivity contribution is 0.0700. The van der Waals surface area contributed by atoms with Gasteiger partial charge >= 0.3 is 0 Å². The highest BCUT2D eigenvalue weighted by atomic mass is 16.2. The Morgan fingerprint density at radius 1 is 1.35 bits per heavy atom. The minimum atomic E-state index is 0.0252. The predicted molar refractivity (Wildman–Crippen MR) is 89.7 cm³/mol. The van der Waals surface area contributed by atoms with Crippen LogP contribution in [0.1, 0.15) is 34.8 Å². The lowest BCUT2D eigenvalue weighted by Crippen LogP contribution is -2.39. The van der Waals surface area contributed by atoms with E-state index < -0.39 is 0 Å². The summed E-state index contributed by atoms with van der Waals surface area (Å²) in [6.07, 6.45) is 5.77. The maximum absolute atomic E-state index is 12.6. The van der Waals surface area contributed by atoms with Crippen molar-refractivity contribution in [3.63, 3.8) is 0 Å². The van der Waals surface area contributed by atoms with E-state index in [0.29, 0.717) is 11.6 Å². The quantitative estimate of drug-likeness (QED) is 0.868. The van der Waals surface area contributed by atoms with Crippen molar-refractivity contribution in [1.29, 1.82) is 0 Å². The fourth-order valence-corrected chi connectivity index (χ4v) is 3.06. The van der Waals surface area contributed by atoms with Gasteiger partial charge in [-0.05, 0) is 36.6 Å². The van der Waals surface area contributed by atoms with Crippen LogP contribution in [0.2, 0.25) is 0 Å². The van der Waals surface area contributed by atoms with Crippen LogP contribution in [-0.4, -0.2) is 52.8 Å². The van der Waals surface area contributed by atoms with E-state index in [0.717, 1.165) is 31.7 Å². The second kappa shape index (κ2) is 6.40. The molecule has 23 heavy (non-hydrogen) atoms. The van der Waals surface area contributed by atoms with Gasteiger partial charge in [-0.2, -0.15) is 5.10 Å². The first kappa shape index (κ1) is 15.5. The number of hydrogen-bond donors (Lipinski definition) is 0. The summed E-state index contributed by atoms with van der Waals surface area (Å²) in [6.45, 7) is 1.55. The second-order valence-corrected chi connectivity index (χ2v) is 6.31. The zero-order valence-electron chi connectivity index (χ0n) is 13.9. The molecule has 0 radical (unpaired) electrons. The molecule has 0 unspecified atom stereocenters. The van der Waals surface area contributed by atoms with Gasteiger partial charge in [0.15, 0.2) is 0 Å². The average Bonchev–Trinajstić information content (AvgIpc) is 3.01. The van der Waals surface area contributed by atoms with Gasteiger partial charge in [0, 0.05) is 52.5 Å². The van der Waals surface area contributed by atoms with Crippen LogP contribution in [0, 0.1) is 0 Å². The summed E-state index contributed by atoms with van der Waals surface area (Å²) in [7, 11) is 5.81. The van der Waals surface area contributed by atoms with E-state index in [1.165, 1.54) is 5.56 Å². The average molecular weight is 313 g/mol. The number of carbonyl (C=O) groups is 1. The Morgan fingerprint density at radius 3 is 2.87 bits per heavy atom. The van der Waals surface area contributed by atoms with Gasteiger partial charge < -0.3 is 9.80 Å². The fraction of sp³-hybridized carbons (Fsp3) is 0.471. The van der Waals surface area contributed by atoms with Crippen LogP contribution in [0.3, 0.4) is 0 Å². The number of amides is 1. The SMILES string of the molecule is CN(C)c1cc([C@H]2CCCN(C(=O)c3ccn(C)n3)C2)ccn1. The number of aryl methyl sites for hydroxylation is 1. The van der Waals surface area contributed by atoms with Crippen molar-refractivity contribution in [2.45, 2.75) is 18.8 Å². The molecule has 1 atom stereocenters. The summed E-state index contributed by atoms with van der Waals surface area (Å²) in [6, 6.07) is 5.97. The third kappa shape index (κ3) is 3.36. The molecule has 3 rings (SSSR count). The molecule has 0 saturated carbocycles. The monoisotopic (exact) mass is 313 g/mol. The fourth-order valence-electron chi connectivity index (χ4n) is 3.06. The summed E-state index contributed by atoms with van der Waals surface area (Å²) in [5.41, 5.74) is 1.78. The van der Waals surface area contributed by atoms with Gasteiger partial charge in [-0.3, -0.25) is 9.48 Å². The number of nitrogens with zero attached hydrogens (tertiary/aromatic N) is 5. The van der Waals surface area contributed by atoms with Gasteiger partial charge in [0.25, 0.3) is 5.91 Å². The molecule has 0 spiro atoms. The topological polar surface area (TPSA) is 54.3 Å². The smallest absolute Gasteiger partial charge is 0.274 e. The van der Waals surface area contributed by atoms with Crippen LogP contribution in [0.5, 0.6) is 0 Å². The molecule has 1 aliphatic heterocycles. The summed E-state index contributed by atoms with van der Waals surface area (Å²) >= 11 is 0. The first-order valence-corrected chi connectivity index (χ1v) is 7.97. The molecule has 1 fully saturated rings. The van der Waals surface area contributed by atoms with Crippen molar-refractivity contribution in [3.8, 4) is 0 Å². The van der Waals surface area contributed by atoms with Crippen LogP contribution in [0.15, 0.2) is 30.6 Å². The molecular formula is C17H23N5O. The van der Waals surface area contributed by atoms with E-state index in [4.69, 9.17) is 0 Å². The molecule has 6 nitrogen and oxygen atoms in total. The van der Waals surface area contributed by atoms with Gasteiger partial charge in [-0.1, -0.05) is 0 Å². The van der Waals surface area contributed by atoms with Crippen molar-refractivity contribution in [3.05, 3.63) is 41.9 Å². The van der Waals surface area contributed by atoms with Crippen molar-refractivity contribution >= 4 is 11.7 Å². The zero-order chi connectivity index (χ0) is 16.4. The van der Waals surface area contributed by atoms with Crippen molar-refractivity contribution < 1.29 is 4.79 Å². The molecule has 0 bridgehead atoms. The molecule has 3 heterocycles. The van der Waals surface area contributed by atoms with E-state index >= 15 is 0 Å². The molecule has 2 aromatic heterocycles. The molecule has 122 valence electrons. The van der Waals surface area contributed by atoms with Crippen molar-refractivity contribution in [2.75, 3.05) is 32.1 Å². The maximum atomic E-state index is 12.6. The largest absolute Gasteiger partial charge is 0.363 e. The number of carbonyl (C=O) groups excluding carboxylic acids is 1. The number of rotatable bonds is 3. The summed E-state index contributed by atoms with van der Waals surface area (Å²) < 4.78 is 1.67. The third-order valence-electron chi connectivity index (χ3n) is 4.34. The van der Waals surface area contributed by atoms with Crippen LogP contribution in [0.4, 0.5) is 5.82 Å². The molecule has 1 saturated heterocycles. The molecule has 0 aliphatic carbocycles. The minimum absolute atomic E-state index is 0.0252. The highest BCUT2D eigenvalue weighted by Crippen LogP contribution is 2.28. The molecule has 2 aromatic rings. The molecule has 0 N–H and O–H groups in total. The molecule has 6 heteroatoms. The summed E-state index contributed by atoms with van der Waals surface area (Å²) in [4.78, 5) is 20.9. The van der Waals surface area contributed by atoms with Crippen LogP contribution >= 0.6 is 0 Å². The first-order valence-electron chi connectivity index (χ1n) is 7.97. The van der Waals surface area contributed by atoms with Gasteiger partial charge in [0.2, 0.25) is 0 Å². The Balaban J connectivity index is 1.75. The van der Waals surface area contributed by atoms with E-state index in [-0.39, 0.29) is 5.91 Å². The number of pyridine rings is 1. The van der Waals surface area contributed by atoms with E-state index in [1.807, 2.05) is 37.1 Å². The lowest BCUT2D eigenvalue weighted by Gasteiger charge is -2.32. The number of piperidine rings is 1. The number of anilines is 1. The first-order chi connectivity index (χ1) is 11.0. The van der Waals surface area contributed by atoms with Gasteiger partial charge in [0.1, 0.15) is 11.5 Å². The van der Waals surface area contributed by atoms with Crippen molar-refractivity contribution in [1.82, 2.24) is 19.7 Å². The summed E-state index contributed by atoms with van der Waals surface area (Å²) in [5.74, 6) is 1.34. The normalized spacial score (nSPS) is 18.0. The Morgan fingerprint density at radius 2 is 2.17 bits per heavy atom. The van der Waals surface area contributed by atoms with Gasteiger partial charge in [-0.15, -0.1) is 0 Å². The lowest BCUT2D eigenvalue weighted by atomic mass is 9.91. The highest BCUT2D eigenvalue weighted by Gasteiger charge is 2.26. The summed E-state index contributed by atoms with van der Waals surface area (Å²) in [5, 5.41) is 4.23. The molecule has 0 aromatic carbocycles. The molecule has 1 aliphatic rings. The Labute approximate surface area is 136 Å². The van der Waals surface area contributed by atoms with Crippen LogP contribution < -0.4 is 4.90 Å². The zero-order valence-corrected chi connectivity index (χ0v) is 13.9. The highest BCUT2D eigenvalue weighted by molar-refractivity contribution is 5.92. The molecule has 1 amide bonds. The number of likely N-dealkylation sites (tertiary alicyclic amines) is 1. The number of aromatic nitrogens is 3. The predicted octanol–water partition coefficient (Wildman–Crippen LogP) is 1.90. The Bertz CT molecular complexity index is 694. The Hall–Kier alpha value is -2.37. The second-order valence-electron chi connectivity index (χ2n) is 6.31. The van der Waals surface area contributed by atoms with Crippen molar-refractivity contribution in [2.24, 2.45) is 7.05 Å². The van der Waals surface area contributed by atoms with Crippen LogP contribution in [-0.2, 0) is 7.05 Å². The van der Waals surface area contributed by atoms with Crippen LogP contribution in [0.25, 0.3) is 0 Å². The Kier molecular flexibility index (Phi) is 4.32. The van der Waals surface area contributed by atoms with E-state index in [2.05, 4.69) is 22.2 Å². The standard InChI is InChI=1S/C17H23N5O/c1-20(2)16-11-13(6-8-18-16)14-5-4-9-22(12-14)17(23)15-7-10-21(3)19-15/h6-8,10-11,14H,4-5,9,12H2,1-3H3/t14-/m0/s1. The third-order valence-corrected chi connectivity index (χ3v) is 4.34. The van der Waals surface area contributed by atoms with E-state index in [9.17, 15) is 4.79 Å². The van der Waals surface area contributed by atoms with Gasteiger partial charge in [-0.25, -0.2) is 4.98 Å².